The largest absolute Gasteiger partial charge is 0.381 e. The molecule has 0 bridgehead atoms. The normalized spacial score (nSPS) is 23.8. The summed E-state index contributed by atoms with van der Waals surface area (Å²) in [5.41, 5.74) is 1.97. The summed E-state index contributed by atoms with van der Waals surface area (Å²) in [6.07, 6.45) is 2.05. The van der Waals surface area contributed by atoms with Gasteiger partial charge in [0, 0.05) is 45.3 Å². The van der Waals surface area contributed by atoms with Crippen molar-refractivity contribution in [2.45, 2.75) is 31.8 Å². The SMILES string of the molecule is O=C([C@H]1CC(=O)N(C2CCOCC2)C1)N1CCn2c1nc1ccccc12. The van der Waals surface area contributed by atoms with Gasteiger partial charge in [-0.2, -0.15) is 0 Å². The van der Waals surface area contributed by atoms with Crippen molar-refractivity contribution >= 4 is 28.8 Å². The molecule has 0 saturated carbocycles. The summed E-state index contributed by atoms with van der Waals surface area (Å²) in [4.78, 5) is 33.9. The number of carbonyl (C=O) groups is 2. The van der Waals surface area contributed by atoms with E-state index in [0.717, 1.165) is 30.4 Å². The van der Waals surface area contributed by atoms with Gasteiger partial charge in [0.15, 0.2) is 0 Å². The fraction of sp³-hybridized carbons (Fsp3) is 0.526. The number of hydrogen-bond acceptors (Lipinski definition) is 4. The quantitative estimate of drug-likeness (QED) is 0.818. The fourth-order valence-electron chi connectivity index (χ4n) is 4.47. The molecule has 0 radical (unpaired) electrons. The topological polar surface area (TPSA) is 67.7 Å². The Morgan fingerprint density at radius 2 is 1.96 bits per heavy atom. The Balaban J connectivity index is 1.36. The van der Waals surface area contributed by atoms with Crippen LogP contribution in [0.3, 0.4) is 0 Å². The lowest BCUT2D eigenvalue weighted by Crippen LogP contribution is -2.42. The van der Waals surface area contributed by atoms with Crippen LogP contribution in [0, 0.1) is 5.92 Å². The van der Waals surface area contributed by atoms with Crippen LogP contribution in [0.5, 0.6) is 0 Å². The van der Waals surface area contributed by atoms with Gasteiger partial charge < -0.3 is 14.2 Å². The highest BCUT2D eigenvalue weighted by Gasteiger charge is 2.41. The number of carbonyl (C=O) groups excluding carboxylic acids is 2. The minimum atomic E-state index is -0.267. The van der Waals surface area contributed by atoms with Gasteiger partial charge in [-0.05, 0) is 25.0 Å². The van der Waals surface area contributed by atoms with Crippen LogP contribution in [0.15, 0.2) is 24.3 Å². The maximum atomic E-state index is 13.1. The van der Waals surface area contributed by atoms with Crippen molar-refractivity contribution in [1.29, 1.82) is 0 Å². The van der Waals surface area contributed by atoms with E-state index in [1.54, 1.807) is 4.90 Å². The molecule has 0 spiro atoms. The third-order valence-electron chi connectivity index (χ3n) is 5.83. The number of benzene rings is 1. The van der Waals surface area contributed by atoms with Crippen molar-refractivity contribution < 1.29 is 14.3 Å². The first-order chi connectivity index (χ1) is 12.7. The van der Waals surface area contributed by atoms with Crippen LogP contribution < -0.4 is 4.90 Å². The Bertz CT molecular complexity index is 871. The summed E-state index contributed by atoms with van der Waals surface area (Å²) in [6.45, 7) is 3.31. The number of fused-ring (bicyclic) bond motifs is 3. The molecule has 1 aromatic carbocycles. The second kappa shape index (κ2) is 6.09. The second-order valence-electron chi connectivity index (χ2n) is 7.33. The van der Waals surface area contributed by atoms with Gasteiger partial charge in [0.25, 0.3) is 0 Å². The number of hydrogen-bond donors (Lipinski definition) is 0. The number of amides is 2. The van der Waals surface area contributed by atoms with Crippen molar-refractivity contribution in [2.24, 2.45) is 5.92 Å². The molecular weight excluding hydrogens is 332 g/mol. The first kappa shape index (κ1) is 15.8. The Morgan fingerprint density at radius 3 is 2.81 bits per heavy atom. The van der Waals surface area contributed by atoms with E-state index in [-0.39, 0.29) is 23.8 Å². The summed E-state index contributed by atoms with van der Waals surface area (Å²) in [7, 11) is 0. The van der Waals surface area contributed by atoms with Crippen LogP contribution >= 0.6 is 0 Å². The maximum absolute atomic E-state index is 13.1. The summed E-state index contributed by atoms with van der Waals surface area (Å²) in [5.74, 6) is 0.579. The van der Waals surface area contributed by atoms with Crippen molar-refractivity contribution in [3.63, 3.8) is 0 Å². The minimum absolute atomic E-state index is 0.0296. The standard InChI is InChI=1S/C19H22N4O3/c24-17-11-13(12-23(17)14-5-9-26-10-6-14)18(25)22-8-7-21-16-4-2-1-3-15(16)20-19(21)22/h1-4,13-14H,5-12H2/t13-/m0/s1. The van der Waals surface area contributed by atoms with E-state index in [9.17, 15) is 9.59 Å². The Kier molecular flexibility index (Phi) is 3.70. The van der Waals surface area contributed by atoms with Crippen LogP contribution in [-0.2, 0) is 20.9 Å². The third kappa shape index (κ3) is 2.41. The van der Waals surface area contributed by atoms with E-state index in [1.165, 1.54) is 0 Å². The van der Waals surface area contributed by atoms with Crippen molar-refractivity contribution in [3.8, 4) is 0 Å². The highest BCUT2D eigenvalue weighted by molar-refractivity contribution is 5.99. The van der Waals surface area contributed by atoms with Gasteiger partial charge in [0.05, 0.1) is 17.0 Å². The summed E-state index contributed by atoms with van der Waals surface area (Å²) >= 11 is 0. The van der Waals surface area contributed by atoms with Crippen molar-refractivity contribution in [1.82, 2.24) is 14.5 Å². The zero-order valence-electron chi connectivity index (χ0n) is 14.6. The molecule has 2 fully saturated rings. The number of imidazole rings is 1. The first-order valence-corrected chi connectivity index (χ1v) is 9.36. The molecule has 136 valence electrons. The van der Waals surface area contributed by atoms with Crippen LogP contribution in [0.2, 0.25) is 0 Å². The van der Waals surface area contributed by atoms with Crippen LogP contribution in [-0.4, -0.2) is 58.6 Å². The fourth-order valence-corrected chi connectivity index (χ4v) is 4.47. The van der Waals surface area contributed by atoms with Gasteiger partial charge in [0.1, 0.15) is 0 Å². The molecule has 3 aliphatic heterocycles. The van der Waals surface area contributed by atoms with E-state index in [1.807, 2.05) is 29.2 Å². The highest BCUT2D eigenvalue weighted by atomic mass is 16.5. The zero-order chi connectivity index (χ0) is 17.7. The predicted molar refractivity (Wildman–Crippen MR) is 95.7 cm³/mol. The van der Waals surface area contributed by atoms with Gasteiger partial charge in [-0.15, -0.1) is 0 Å². The molecule has 7 nitrogen and oxygen atoms in total. The molecule has 1 atom stereocenters. The summed E-state index contributed by atoms with van der Waals surface area (Å²) in [5, 5.41) is 0. The smallest absolute Gasteiger partial charge is 0.234 e. The van der Waals surface area contributed by atoms with E-state index >= 15 is 0 Å². The van der Waals surface area contributed by atoms with Gasteiger partial charge in [-0.3, -0.25) is 14.5 Å². The Hall–Kier alpha value is -2.41. The lowest BCUT2D eigenvalue weighted by molar-refractivity contribution is -0.131. The van der Waals surface area contributed by atoms with Crippen molar-refractivity contribution in [3.05, 3.63) is 24.3 Å². The molecule has 26 heavy (non-hydrogen) atoms. The molecule has 4 heterocycles. The van der Waals surface area contributed by atoms with Gasteiger partial charge in [0.2, 0.25) is 17.8 Å². The number of ether oxygens (including phenoxy) is 1. The first-order valence-electron chi connectivity index (χ1n) is 9.36. The number of aromatic nitrogens is 2. The molecule has 0 aliphatic carbocycles. The molecule has 0 N–H and O–H groups in total. The monoisotopic (exact) mass is 354 g/mol. The average Bonchev–Trinajstić information content (AvgIpc) is 3.35. The molecule has 1 aromatic heterocycles. The lowest BCUT2D eigenvalue weighted by Gasteiger charge is -2.31. The number of rotatable bonds is 2. The summed E-state index contributed by atoms with van der Waals surface area (Å²) in [6, 6.07) is 8.17. The number of likely N-dealkylation sites (tertiary alicyclic amines) is 1. The molecule has 0 unspecified atom stereocenters. The Morgan fingerprint density at radius 1 is 1.15 bits per heavy atom. The average molecular weight is 354 g/mol. The lowest BCUT2D eigenvalue weighted by atomic mass is 10.1. The Labute approximate surface area is 151 Å². The second-order valence-corrected chi connectivity index (χ2v) is 7.33. The van der Waals surface area contributed by atoms with E-state index < -0.39 is 0 Å². The molecule has 3 aliphatic rings. The number of anilines is 1. The van der Waals surface area contributed by atoms with Crippen molar-refractivity contribution in [2.75, 3.05) is 31.2 Å². The highest BCUT2D eigenvalue weighted by Crippen LogP contribution is 2.31. The molecule has 2 saturated heterocycles. The van der Waals surface area contributed by atoms with E-state index in [0.29, 0.717) is 38.7 Å². The maximum Gasteiger partial charge on any atom is 0.234 e. The molecular formula is C19H22N4O3. The molecule has 2 amide bonds. The zero-order valence-corrected chi connectivity index (χ0v) is 14.6. The minimum Gasteiger partial charge on any atom is -0.381 e. The van der Waals surface area contributed by atoms with Gasteiger partial charge in [-0.25, -0.2) is 4.98 Å². The van der Waals surface area contributed by atoms with E-state index in [4.69, 9.17) is 4.74 Å². The molecule has 2 aromatic rings. The van der Waals surface area contributed by atoms with E-state index in [2.05, 4.69) is 9.55 Å². The van der Waals surface area contributed by atoms with Crippen LogP contribution in [0.4, 0.5) is 5.95 Å². The van der Waals surface area contributed by atoms with Gasteiger partial charge in [-0.1, -0.05) is 12.1 Å². The van der Waals surface area contributed by atoms with Crippen LogP contribution in [0.1, 0.15) is 19.3 Å². The molecule has 5 rings (SSSR count). The predicted octanol–water partition coefficient (Wildman–Crippen LogP) is 1.41. The third-order valence-corrected chi connectivity index (χ3v) is 5.83. The van der Waals surface area contributed by atoms with Crippen LogP contribution in [0.25, 0.3) is 11.0 Å². The molecule has 7 heteroatoms. The summed E-state index contributed by atoms with van der Waals surface area (Å²) < 4.78 is 7.49. The van der Waals surface area contributed by atoms with Gasteiger partial charge >= 0.3 is 0 Å². The number of para-hydroxylation sites is 2. The number of nitrogens with zero attached hydrogens (tertiary/aromatic N) is 4.